The molecule has 146 valence electrons. The average Bonchev–Trinajstić information content (AvgIpc) is 3.47. The first-order valence-electron chi connectivity index (χ1n) is 10.3. The molecule has 2 aromatic rings. The van der Waals surface area contributed by atoms with E-state index in [1.54, 1.807) is 0 Å². The quantitative estimate of drug-likeness (QED) is 0.854. The zero-order valence-corrected chi connectivity index (χ0v) is 15.7. The van der Waals surface area contributed by atoms with E-state index >= 15 is 0 Å². The van der Waals surface area contributed by atoms with E-state index in [9.17, 15) is 0 Å². The summed E-state index contributed by atoms with van der Waals surface area (Å²) in [5, 5.41) is 16.8. The van der Waals surface area contributed by atoms with Gasteiger partial charge >= 0.3 is 0 Å². The van der Waals surface area contributed by atoms with E-state index in [1.807, 2.05) is 10.6 Å². The van der Waals surface area contributed by atoms with Crippen molar-refractivity contribution < 1.29 is 9.47 Å². The summed E-state index contributed by atoms with van der Waals surface area (Å²) in [5.41, 5.74) is 0.790. The Labute approximate surface area is 159 Å². The topological polar surface area (TPSA) is 76.8 Å². The highest BCUT2D eigenvalue weighted by Crippen LogP contribution is 2.28. The van der Waals surface area contributed by atoms with Crippen LogP contribution in [0.1, 0.15) is 44.0 Å². The second-order valence-electron chi connectivity index (χ2n) is 7.90. The zero-order chi connectivity index (χ0) is 18.1. The summed E-state index contributed by atoms with van der Waals surface area (Å²) in [4.78, 5) is 2.37. The second-order valence-corrected chi connectivity index (χ2v) is 7.90. The molecule has 0 spiro atoms. The largest absolute Gasteiger partial charge is 0.377 e. The summed E-state index contributed by atoms with van der Waals surface area (Å²) in [6.07, 6.45) is 5.96. The molecule has 3 aliphatic heterocycles. The fraction of sp³-hybridized carbons (Fsp3) is 0.737. The Bertz CT molecular complexity index is 761. The molecule has 5 heterocycles. The van der Waals surface area contributed by atoms with E-state index in [4.69, 9.17) is 14.6 Å². The predicted molar refractivity (Wildman–Crippen MR) is 101 cm³/mol. The van der Waals surface area contributed by atoms with Gasteiger partial charge in [-0.1, -0.05) is 0 Å². The van der Waals surface area contributed by atoms with Crippen molar-refractivity contribution in [2.75, 3.05) is 44.3 Å². The number of nitrogens with zero attached hydrogens (tertiary/aromatic N) is 5. The van der Waals surface area contributed by atoms with Gasteiger partial charge < -0.3 is 19.7 Å². The van der Waals surface area contributed by atoms with Crippen LogP contribution in [0.3, 0.4) is 0 Å². The Balaban J connectivity index is 1.22. The molecule has 3 saturated heterocycles. The van der Waals surface area contributed by atoms with E-state index < -0.39 is 0 Å². The Morgan fingerprint density at radius 1 is 1.15 bits per heavy atom. The third-order valence-electron chi connectivity index (χ3n) is 6.01. The molecule has 3 aliphatic rings. The molecule has 3 fully saturated rings. The molecule has 8 nitrogen and oxygen atoms in total. The van der Waals surface area contributed by atoms with Crippen molar-refractivity contribution in [3.05, 3.63) is 18.0 Å². The van der Waals surface area contributed by atoms with Crippen LogP contribution in [0.25, 0.3) is 5.65 Å². The highest BCUT2D eigenvalue weighted by Gasteiger charge is 2.26. The second kappa shape index (κ2) is 7.69. The summed E-state index contributed by atoms with van der Waals surface area (Å²) in [5.74, 6) is 2.49. The van der Waals surface area contributed by atoms with Gasteiger partial charge in [0.2, 0.25) is 0 Å². The summed E-state index contributed by atoms with van der Waals surface area (Å²) in [6.45, 7) is 5.83. The van der Waals surface area contributed by atoms with Gasteiger partial charge in [0.1, 0.15) is 11.9 Å². The van der Waals surface area contributed by atoms with E-state index in [1.165, 1.54) is 0 Å². The summed E-state index contributed by atoms with van der Waals surface area (Å²) in [6, 6.07) is 4.07. The first kappa shape index (κ1) is 17.3. The normalized spacial score (nSPS) is 27.0. The smallest absolute Gasteiger partial charge is 0.183 e. The first-order chi connectivity index (χ1) is 13.4. The number of nitrogens with one attached hydrogen (secondary N) is 1. The zero-order valence-electron chi connectivity index (χ0n) is 15.7. The fourth-order valence-electron chi connectivity index (χ4n) is 4.32. The number of ether oxygens (including phenoxy) is 2. The molecule has 2 atom stereocenters. The number of aromatic nitrogens is 4. The molecule has 0 bridgehead atoms. The lowest BCUT2D eigenvalue weighted by molar-refractivity contribution is 0.0353. The molecule has 2 aromatic heterocycles. The Kier molecular flexibility index (Phi) is 4.94. The molecule has 1 N–H and O–H groups in total. The Hall–Kier alpha value is -1.77. The molecule has 0 radical (unpaired) electrons. The number of hydrogen-bond acceptors (Lipinski definition) is 7. The fourth-order valence-corrected chi connectivity index (χ4v) is 4.32. The maximum absolute atomic E-state index is 6.07. The number of rotatable bonds is 5. The van der Waals surface area contributed by atoms with Gasteiger partial charge in [0, 0.05) is 32.8 Å². The van der Waals surface area contributed by atoms with Crippen LogP contribution in [0.2, 0.25) is 0 Å². The molecule has 0 aromatic carbocycles. The minimum atomic E-state index is 0.0238. The molecule has 5 rings (SSSR count). The third-order valence-corrected chi connectivity index (χ3v) is 6.01. The molecule has 0 aliphatic carbocycles. The van der Waals surface area contributed by atoms with Crippen molar-refractivity contribution >= 4 is 11.5 Å². The van der Waals surface area contributed by atoms with Crippen LogP contribution in [0.5, 0.6) is 0 Å². The van der Waals surface area contributed by atoms with Crippen LogP contribution >= 0.6 is 0 Å². The van der Waals surface area contributed by atoms with Crippen LogP contribution in [-0.4, -0.2) is 65.3 Å². The number of anilines is 1. The molecule has 0 saturated carbocycles. The Morgan fingerprint density at radius 2 is 2.07 bits per heavy atom. The van der Waals surface area contributed by atoms with Crippen LogP contribution < -0.4 is 10.2 Å². The number of fused-ring (bicyclic) bond motifs is 1. The lowest BCUT2D eigenvalue weighted by Gasteiger charge is -2.33. The maximum atomic E-state index is 6.07. The molecular weight excluding hydrogens is 344 g/mol. The number of piperidine rings is 1. The van der Waals surface area contributed by atoms with Crippen molar-refractivity contribution in [2.24, 2.45) is 5.92 Å². The lowest BCUT2D eigenvalue weighted by atomic mass is 9.98. The lowest BCUT2D eigenvalue weighted by Crippen LogP contribution is -2.36. The van der Waals surface area contributed by atoms with E-state index in [0.29, 0.717) is 12.0 Å². The van der Waals surface area contributed by atoms with Gasteiger partial charge in [-0.15, -0.1) is 15.3 Å². The average molecular weight is 372 g/mol. The van der Waals surface area contributed by atoms with Gasteiger partial charge in [0.15, 0.2) is 11.5 Å². The van der Waals surface area contributed by atoms with E-state index in [0.717, 1.165) is 88.8 Å². The molecule has 2 unspecified atom stereocenters. The van der Waals surface area contributed by atoms with Crippen LogP contribution in [-0.2, 0) is 9.47 Å². The van der Waals surface area contributed by atoms with Gasteiger partial charge in [-0.25, -0.2) is 0 Å². The van der Waals surface area contributed by atoms with Crippen molar-refractivity contribution in [3.8, 4) is 0 Å². The van der Waals surface area contributed by atoms with Crippen LogP contribution in [0.4, 0.5) is 5.82 Å². The maximum Gasteiger partial charge on any atom is 0.183 e. The minimum absolute atomic E-state index is 0.0238. The van der Waals surface area contributed by atoms with Gasteiger partial charge in [0.25, 0.3) is 0 Å². The minimum Gasteiger partial charge on any atom is -0.377 e. The highest BCUT2D eigenvalue weighted by molar-refractivity contribution is 5.46. The molecular formula is C19H28N6O2. The number of hydrogen-bond donors (Lipinski definition) is 1. The van der Waals surface area contributed by atoms with Gasteiger partial charge in [-0.3, -0.25) is 0 Å². The van der Waals surface area contributed by atoms with Gasteiger partial charge in [-0.05, 0) is 56.7 Å². The summed E-state index contributed by atoms with van der Waals surface area (Å²) >= 11 is 0. The van der Waals surface area contributed by atoms with E-state index in [-0.39, 0.29) is 6.10 Å². The van der Waals surface area contributed by atoms with Gasteiger partial charge in [0.05, 0.1) is 6.10 Å². The SMILES string of the molecule is c1cc2nnc(C3CCCO3)n2nc1N1CCC(COC2CCNC2)CC1. The van der Waals surface area contributed by atoms with E-state index in [2.05, 4.69) is 26.5 Å². The standard InChI is InChI=1S/C19H28N6O2/c1-2-16(26-11-1)19-22-21-17-3-4-18(23-25(17)19)24-9-6-14(7-10-24)13-27-15-5-8-20-12-15/h3-4,14-16,20H,1-2,5-13H2. The van der Waals surface area contributed by atoms with Crippen LogP contribution in [0, 0.1) is 5.92 Å². The van der Waals surface area contributed by atoms with Crippen molar-refractivity contribution in [1.82, 2.24) is 25.1 Å². The summed E-state index contributed by atoms with van der Waals surface area (Å²) < 4.78 is 13.7. The van der Waals surface area contributed by atoms with Crippen molar-refractivity contribution in [3.63, 3.8) is 0 Å². The first-order valence-corrected chi connectivity index (χ1v) is 10.3. The Morgan fingerprint density at radius 3 is 2.85 bits per heavy atom. The molecule has 0 amide bonds. The van der Waals surface area contributed by atoms with Crippen LogP contribution in [0.15, 0.2) is 12.1 Å². The predicted octanol–water partition coefficient (Wildman–Crippen LogP) is 1.57. The highest BCUT2D eigenvalue weighted by atomic mass is 16.5. The third kappa shape index (κ3) is 3.66. The summed E-state index contributed by atoms with van der Waals surface area (Å²) in [7, 11) is 0. The molecule has 27 heavy (non-hydrogen) atoms. The van der Waals surface area contributed by atoms with Crippen molar-refractivity contribution in [1.29, 1.82) is 0 Å². The monoisotopic (exact) mass is 372 g/mol. The van der Waals surface area contributed by atoms with Gasteiger partial charge in [-0.2, -0.15) is 4.52 Å². The van der Waals surface area contributed by atoms with Crippen molar-refractivity contribution in [2.45, 2.75) is 44.3 Å². The molecule has 8 heteroatoms.